The summed E-state index contributed by atoms with van der Waals surface area (Å²) in [5.74, 6) is 0.137. The molecule has 0 radical (unpaired) electrons. The van der Waals surface area contributed by atoms with Gasteiger partial charge < -0.3 is 4.57 Å². The van der Waals surface area contributed by atoms with Gasteiger partial charge in [0.1, 0.15) is 0 Å². The van der Waals surface area contributed by atoms with E-state index in [0.29, 0.717) is 38.8 Å². The third kappa shape index (κ3) is 3.51. The molecule has 2 fully saturated rings. The quantitative estimate of drug-likeness (QED) is 0.756. The Labute approximate surface area is 138 Å². The van der Waals surface area contributed by atoms with Gasteiger partial charge in [0.15, 0.2) is 5.78 Å². The molecule has 0 bridgehead atoms. The standard InChI is InChI=1S/C16H25N3O3S/c1-12-10-15(13(2)19(12)14-4-5-14)16(20)11-17-6-8-18(9-7-17)23(3,21)22/h10,14H,4-9,11H2,1-3H3. The minimum absolute atomic E-state index is 0.137. The molecule has 0 amide bonds. The van der Waals surface area contributed by atoms with Crippen LogP contribution < -0.4 is 0 Å². The molecule has 2 aliphatic rings. The Morgan fingerprint density at radius 2 is 1.78 bits per heavy atom. The smallest absolute Gasteiger partial charge is 0.211 e. The molecule has 23 heavy (non-hydrogen) atoms. The van der Waals surface area contributed by atoms with Gasteiger partial charge in [-0.1, -0.05) is 0 Å². The number of nitrogens with zero attached hydrogens (tertiary/aromatic N) is 3. The van der Waals surface area contributed by atoms with Gasteiger partial charge in [-0.25, -0.2) is 8.42 Å². The number of carbonyl (C=O) groups is 1. The zero-order valence-electron chi connectivity index (χ0n) is 14.1. The molecule has 1 aromatic rings. The summed E-state index contributed by atoms with van der Waals surface area (Å²) in [6.07, 6.45) is 3.65. The summed E-state index contributed by atoms with van der Waals surface area (Å²) in [4.78, 5) is 14.7. The van der Waals surface area contributed by atoms with Gasteiger partial charge >= 0.3 is 0 Å². The Hall–Kier alpha value is -1.18. The molecule has 1 aliphatic heterocycles. The molecule has 1 saturated heterocycles. The Balaban J connectivity index is 1.63. The highest BCUT2D eigenvalue weighted by atomic mass is 32.2. The predicted octanol–water partition coefficient (Wildman–Crippen LogP) is 1.20. The lowest BCUT2D eigenvalue weighted by molar-refractivity contribution is 0.0901. The van der Waals surface area contributed by atoms with Crippen LogP contribution in [0.1, 0.15) is 40.6 Å². The van der Waals surface area contributed by atoms with E-state index in [2.05, 4.69) is 11.5 Å². The van der Waals surface area contributed by atoms with Crippen LogP contribution in [0.25, 0.3) is 0 Å². The number of hydrogen-bond acceptors (Lipinski definition) is 4. The molecule has 3 rings (SSSR count). The second kappa shape index (κ2) is 6.03. The lowest BCUT2D eigenvalue weighted by Crippen LogP contribution is -2.49. The minimum Gasteiger partial charge on any atom is -0.345 e. The van der Waals surface area contributed by atoms with Gasteiger partial charge in [0, 0.05) is 49.2 Å². The van der Waals surface area contributed by atoms with Crippen LogP contribution in [0, 0.1) is 13.8 Å². The first-order valence-electron chi connectivity index (χ1n) is 8.16. The number of rotatable bonds is 5. The number of Topliss-reactive ketones (excluding diaryl/α,β-unsaturated/α-hetero) is 1. The number of carbonyl (C=O) groups excluding carboxylic acids is 1. The molecule has 128 valence electrons. The first-order chi connectivity index (χ1) is 10.8. The number of ketones is 1. The number of piperazine rings is 1. The summed E-state index contributed by atoms with van der Waals surface area (Å²) in [5, 5.41) is 0. The van der Waals surface area contributed by atoms with E-state index in [9.17, 15) is 13.2 Å². The van der Waals surface area contributed by atoms with Gasteiger partial charge in [-0.15, -0.1) is 0 Å². The maximum atomic E-state index is 12.6. The molecular weight excluding hydrogens is 314 g/mol. The number of hydrogen-bond donors (Lipinski definition) is 0. The van der Waals surface area contributed by atoms with Crippen LogP contribution in [0.2, 0.25) is 0 Å². The molecule has 6 nitrogen and oxygen atoms in total. The van der Waals surface area contributed by atoms with Gasteiger partial charge in [0.25, 0.3) is 0 Å². The summed E-state index contributed by atoms with van der Waals surface area (Å²) < 4.78 is 26.8. The molecule has 1 saturated carbocycles. The van der Waals surface area contributed by atoms with E-state index in [1.807, 2.05) is 17.9 Å². The predicted molar refractivity (Wildman–Crippen MR) is 89.4 cm³/mol. The van der Waals surface area contributed by atoms with E-state index < -0.39 is 10.0 Å². The highest BCUT2D eigenvalue weighted by Crippen LogP contribution is 2.38. The van der Waals surface area contributed by atoms with Crippen molar-refractivity contribution in [1.29, 1.82) is 0 Å². The molecule has 7 heteroatoms. The lowest BCUT2D eigenvalue weighted by Gasteiger charge is -2.32. The summed E-state index contributed by atoms with van der Waals surface area (Å²) in [7, 11) is -3.12. The van der Waals surface area contributed by atoms with Gasteiger partial charge in [-0.3, -0.25) is 9.69 Å². The Bertz CT molecular complexity index is 711. The Morgan fingerprint density at radius 3 is 2.30 bits per heavy atom. The first-order valence-corrected chi connectivity index (χ1v) is 10.0. The molecular formula is C16H25N3O3S. The van der Waals surface area contributed by atoms with Crippen LogP contribution in [-0.2, 0) is 10.0 Å². The fourth-order valence-electron chi connectivity index (χ4n) is 3.46. The first kappa shape index (κ1) is 16.7. The molecule has 0 atom stereocenters. The van der Waals surface area contributed by atoms with Crippen molar-refractivity contribution in [2.24, 2.45) is 0 Å². The lowest BCUT2D eigenvalue weighted by atomic mass is 10.1. The molecule has 0 aromatic carbocycles. The summed E-state index contributed by atoms with van der Waals surface area (Å²) in [6, 6.07) is 2.58. The molecule has 0 N–H and O–H groups in total. The largest absolute Gasteiger partial charge is 0.345 e. The topological polar surface area (TPSA) is 62.6 Å². The van der Waals surface area contributed by atoms with E-state index in [-0.39, 0.29) is 5.78 Å². The highest BCUT2D eigenvalue weighted by Gasteiger charge is 2.29. The van der Waals surface area contributed by atoms with Crippen LogP contribution >= 0.6 is 0 Å². The van der Waals surface area contributed by atoms with Crippen molar-refractivity contribution >= 4 is 15.8 Å². The number of aromatic nitrogens is 1. The number of aryl methyl sites for hydroxylation is 1. The second-order valence-electron chi connectivity index (χ2n) is 6.75. The van der Waals surface area contributed by atoms with Crippen molar-refractivity contribution in [1.82, 2.24) is 13.8 Å². The van der Waals surface area contributed by atoms with Crippen LogP contribution in [0.15, 0.2) is 6.07 Å². The average molecular weight is 339 g/mol. The molecule has 1 aliphatic carbocycles. The Morgan fingerprint density at radius 1 is 1.17 bits per heavy atom. The summed E-state index contributed by atoms with van der Waals surface area (Å²) in [5.41, 5.74) is 3.06. The van der Waals surface area contributed by atoms with Crippen LogP contribution in [0.4, 0.5) is 0 Å². The minimum atomic E-state index is -3.12. The SMILES string of the molecule is Cc1cc(C(=O)CN2CCN(S(C)(=O)=O)CC2)c(C)n1C1CC1. The molecule has 2 heterocycles. The van der Waals surface area contributed by atoms with Gasteiger partial charge in [0.05, 0.1) is 12.8 Å². The third-order valence-corrected chi connectivity index (χ3v) is 6.17. The summed E-state index contributed by atoms with van der Waals surface area (Å²) in [6.45, 7) is 6.61. The number of sulfonamides is 1. The normalized spacial score (nSPS) is 20.8. The monoisotopic (exact) mass is 339 g/mol. The fourth-order valence-corrected chi connectivity index (χ4v) is 4.29. The molecule has 0 unspecified atom stereocenters. The van der Waals surface area contributed by atoms with Crippen LogP contribution in [0.3, 0.4) is 0 Å². The summed E-state index contributed by atoms with van der Waals surface area (Å²) >= 11 is 0. The van der Waals surface area contributed by atoms with Crippen molar-refractivity contribution in [3.63, 3.8) is 0 Å². The van der Waals surface area contributed by atoms with Crippen molar-refractivity contribution in [3.05, 3.63) is 23.0 Å². The van der Waals surface area contributed by atoms with Crippen molar-refractivity contribution in [2.45, 2.75) is 32.7 Å². The van der Waals surface area contributed by atoms with Crippen molar-refractivity contribution < 1.29 is 13.2 Å². The Kier molecular flexibility index (Phi) is 4.37. The zero-order valence-corrected chi connectivity index (χ0v) is 14.9. The molecule has 0 spiro atoms. The molecule has 1 aromatic heterocycles. The van der Waals surface area contributed by atoms with Crippen LogP contribution in [-0.4, -0.2) is 67.0 Å². The third-order valence-electron chi connectivity index (χ3n) is 4.86. The van der Waals surface area contributed by atoms with Crippen molar-refractivity contribution in [3.8, 4) is 0 Å². The van der Waals surface area contributed by atoms with Crippen LogP contribution in [0.5, 0.6) is 0 Å². The average Bonchev–Trinajstić information content (AvgIpc) is 3.24. The van der Waals surface area contributed by atoms with Crippen molar-refractivity contribution in [2.75, 3.05) is 39.0 Å². The maximum absolute atomic E-state index is 12.6. The second-order valence-corrected chi connectivity index (χ2v) is 8.73. The van der Waals surface area contributed by atoms with E-state index in [4.69, 9.17) is 0 Å². The van der Waals surface area contributed by atoms with E-state index in [0.717, 1.165) is 17.0 Å². The highest BCUT2D eigenvalue weighted by molar-refractivity contribution is 7.88. The fraction of sp³-hybridized carbons (Fsp3) is 0.688. The van der Waals surface area contributed by atoms with Gasteiger partial charge in [0.2, 0.25) is 10.0 Å². The zero-order chi connectivity index (χ0) is 16.8. The van der Waals surface area contributed by atoms with E-state index >= 15 is 0 Å². The van der Waals surface area contributed by atoms with Gasteiger partial charge in [-0.2, -0.15) is 4.31 Å². The van der Waals surface area contributed by atoms with Gasteiger partial charge in [-0.05, 0) is 32.8 Å². The van der Waals surface area contributed by atoms with E-state index in [1.165, 1.54) is 23.4 Å². The maximum Gasteiger partial charge on any atom is 0.211 e. The van der Waals surface area contributed by atoms with E-state index in [1.54, 1.807) is 0 Å².